The Kier molecular flexibility index (Phi) is 6.45. The van der Waals surface area contributed by atoms with Crippen LogP contribution in [0.2, 0.25) is 0 Å². The van der Waals surface area contributed by atoms with E-state index >= 15 is 0 Å². The number of rotatable bonds is 7. The van der Waals surface area contributed by atoms with Gasteiger partial charge in [0.15, 0.2) is 0 Å². The van der Waals surface area contributed by atoms with E-state index in [-0.39, 0.29) is 0 Å². The van der Waals surface area contributed by atoms with Gasteiger partial charge in [-0.05, 0) is 39.2 Å². The maximum absolute atomic E-state index is 5.95. The predicted molar refractivity (Wildman–Crippen MR) is 71.2 cm³/mol. The summed E-state index contributed by atoms with van der Waals surface area (Å²) in [4.78, 5) is 0. The molecule has 1 N–H and O–H groups in total. The van der Waals surface area contributed by atoms with Crippen LogP contribution >= 0.6 is 0 Å². The van der Waals surface area contributed by atoms with E-state index in [9.17, 15) is 0 Å². The number of nitrogens with one attached hydrogen (secondary N) is 1. The van der Waals surface area contributed by atoms with Crippen LogP contribution in [0.3, 0.4) is 0 Å². The molecule has 0 radical (unpaired) electrons. The van der Waals surface area contributed by atoms with Crippen molar-refractivity contribution in [2.45, 2.75) is 58.8 Å². The topological polar surface area (TPSA) is 30.5 Å². The smallest absolute Gasteiger partial charge is 0.0597 e. The summed E-state index contributed by atoms with van der Waals surface area (Å²) in [6.45, 7) is 10.8. The van der Waals surface area contributed by atoms with Crippen LogP contribution in [0, 0.1) is 11.8 Å². The lowest BCUT2D eigenvalue weighted by atomic mass is 9.81. The monoisotopic (exact) mass is 243 g/mol. The van der Waals surface area contributed by atoms with E-state index in [1.165, 1.54) is 6.42 Å². The van der Waals surface area contributed by atoms with Gasteiger partial charge >= 0.3 is 0 Å². The van der Waals surface area contributed by atoms with Crippen LogP contribution in [0.5, 0.6) is 0 Å². The lowest BCUT2D eigenvalue weighted by Gasteiger charge is -2.29. The molecule has 102 valence electrons. The largest absolute Gasteiger partial charge is 0.385 e. The molecule has 3 nitrogen and oxygen atoms in total. The summed E-state index contributed by atoms with van der Waals surface area (Å²) in [5.41, 5.74) is 0. The fourth-order valence-corrected chi connectivity index (χ4v) is 3.13. The van der Waals surface area contributed by atoms with Gasteiger partial charge in [0.1, 0.15) is 0 Å². The van der Waals surface area contributed by atoms with Crippen LogP contribution in [0.1, 0.15) is 40.5 Å². The lowest BCUT2D eigenvalue weighted by Crippen LogP contribution is -2.42. The number of hydrogen-bond donors (Lipinski definition) is 1. The summed E-state index contributed by atoms with van der Waals surface area (Å²) >= 11 is 0. The average molecular weight is 243 g/mol. The van der Waals surface area contributed by atoms with Crippen molar-refractivity contribution in [2.75, 3.05) is 20.3 Å². The van der Waals surface area contributed by atoms with Crippen molar-refractivity contribution in [2.24, 2.45) is 11.8 Å². The van der Waals surface area contributed by atoms with Gasteiger partial charge < -0.3 is 14.8 Å². The van der Waals surface area contributed by atoms with Gasteiger partial charge in [-0.1, -0.05) is 13.8 Å². The quantitative estimate of drug-likeness (QED) is 0.697. The number of hydrogen-bond acceptors (Lipinski definition) is 3. The Morgan fingerprint density at radius 1 is 1.24 bits per heavy atom. The summed E-state index contributed by atoms with van der Waals surface area (Å²) in [6, 6.07) is 0.560. The highest BCUT2D eigenvalue weighted by atomic mass is 16.5. The highest BCUT2D eigenvalue weighted by molar-refractivity contribution is 4.91. The molecule has 0 amide bonds. The Morgan fingerprint density at radius 2 is 1.94 bits per heavy atom. The SMILES string of the molecule is CCNC(CCCOC)C1C(C)OC(C)C1C. The fourth-order valence-electron chi connectivity index (χ4n) is 3.13. The van der Waals surface area contributed by atoms with Gasteiger partial charge in [0.05, 0.1) is 12.2 Å². The van der Waals surface area contributed by atoms with E-state index < -0.39 is 0 Å². The summed E-state index contributed by atoms with van der Waals surface area (Å²) in [6.07, 6.45) is 3.06. The van der Waals surface area contributed by atoms with E-state index in [4.69, 9.17) is 9.47 Å². The van der Waals surface area contributed by atoms with Gasteiger partial charge in [-0.2, -0.15) is 0 Å². The summed E-state index contributed by atoms with van der Waals surface area (Å²) < 4.78 is 11.1. The molecule has 0 spiro atoms. The lowest BCUT2D eigenvalue weighted by molar-refractivity contribution is 0.0468. The third-order valence-electron chi connectivity index (χ3n) is 4.11. The number of methoxy groups -OCH3 is 1. The molecule has 0 bridgehead atoms. The molecule has 0 aromatic heterocycles. The minimum Gasteiger partial charge on any atom is -0.385 e. The first kappa shape index (κ1) is 14.9. The molecule has 0 aromatic rings. The standard InChI is InChI=1S/C14H29NO2/c1-6-15-13(8-7-9-16-5)14-10(2)11(3)17-12(14)4/h10-15H,6-9H2,1-5H3. The zero-order chi connectivity index (χ0) is 12.8. The zero-order valence-electron chi connectivity index (χ0n) is 12.0. The molecule has 5 atom stereocenters. The summed E-state index contributed by atoms with van der Waals surface area (Å²) in [5, 5.41) is 3.63. The third-order valence-corrected chi connectivity index (χ3v) is 4.11. The first-order chi connectivity index (χ1) is 8.11. The van der Waals surface area contributed by atoms with Gasteiger partial charge in [-0.15, -0.1) is 0 Å². The van der Waals surface area contributed by atoms with Crippen LogP contribution in [-0.4, -0.2) is 38.5 Å². The van der Waals surface area contributed by atoms with Crippen molar-refractivity contribution in [3.8, 4) is 0 Å². The van der Waals surface area contributed by atoms with Crippen LogP contribution in [0.25, 0.3) is 0 Å². The van der Waals surface area contributed by atoms with E-state index in [1.807, 2.05) is 0 Å². The van der Waals surface area contributed by atoms with Crippen LogP contribution in [-0.2, 0) is 9.47 Å². The highest BCUT2D eigenvalue weighted by Gasteiger charge is 2.40. The first-order valence-corrected chi connectivity index (χ1v) is 6.99. The average Bonchev–Trinajstić information content (AvgIpc) is 2.53. The molecule has 0 aromatic carbocycles. The van der Waals surface area contributed by atoms with Crippen molar-refractivity contribution in [3.05, 3.63) is 0 Å². The van der Waals surface area contributed by atoms with Crippen LogP contribution < -0.4 is 5.32 Å². The molecule has 1 aliphatic rings. The molecule has 1 aliphatic heterocycles. The molecular formula is C14H29NO2. The molecule has 3 heteroatoms. The minimum atomic E-state index is 0.367. The normalized spacial score (nSPS) is 35.1. The highest BCUT2D eigenvalue weighted by Crippen LogP contribution is 2.35. The van der Waals surface area contributed by atoms with E-state index in [0.29, 0.717) is 30.1 Å². The summed E-state index contributed by atoms with van der Waals surface area (Å²) in [7, 11) is 1.77. The van der Waals surface area contributed by atoms with Crippen LogP contribution in [0.4, 0.5) is 0 Å². The Hall–Kier alpha value is -0.120. The minimum absolute atomic E-state index is 0.367. The van der Waals surface area contributed by atoms with E-state index in [0.717, 1.165) is 19.6 Å². The van der Waals surface area contributed by atoms with Gasteiger partial charge in [0.2, 0.25) is 0 Å². The Bertz CT molecular complexity index is 210. The molecule has 1 rings (SSSR count). The third kappa shape index (κ3) is 3.94. The molecule has 0 saturated carbocycles. The second-order valence-corrected chi connectivity index (χ2v) is 5.28. The van der Waals surface area contributed by atoms with Crippen molar-refractivity contribution >= 4 is 0 Å². The fraction of sp³-hybridized carbons (Fsp3) is 1.00. The van der Waals surface area contributed by atoms with Crippen LogP contribution in [0.15, 0.2) is 0 Å². The predicted octanol–water partition coefficient (Wildman–Crippen LogP) is 2.45. The zero-order valence-corrected chi connectivity index (χ0v) is 12.0. The van der Waals surface area contributed by atoms with Crippen molar-refractivity contribution in [1.29, 1.82) is 0 Å². The van der Waals surface area contributed by atoms with Gasteiger partial charge in [-0.25, -0.2) is 0 Å². The van der Waals surface area contributed by atoms with Crippen molar-refractivity contribution in [1.82, 2.24) is 5.32 Å². The Morgan fingerprint density at radius 3 is 2.41 bits per heavy atom. The van der Waals surface area contributed by atoms with Gasteiger partial charge in [0, 0.05) is 25.7 Å². The van der Waals surface area contributed by atoms with E-state index in [2.05, 4.69) is 33.0 Å². The molecule has 0 aliphatic carbocycles. The second kappa shape index (κ2) is 7.34. The maximum atomic E-state index is 5.95. The Labute approximate surface area is 106 Å². The molecule has 1 fully saturated rings. The molecule has 1 heterocycles. The van der Waals surface area contributed by atoms with E-state index in [1.54, 1.807) is 7.11 Å². The van der Waals surface area contributed by atoms with Gasteiger partial charge in [-0.3, -0.25) is 0 Å². The van der Waals surface area contributed by atoms with Gasteiger partial charge in [0.25, 0.3) is 0 Å². The molecule has 1 saturated heterocycles. The molecule has 5 unspecified atom stereocenters. The molecule has 17 heavy (non-hydrogen) atoms. The maximum Gasteiger partial charge on any atom is 0.0597 e. The first-order valence-electron chi connectivity index (χ1n) is 6.99. The van der Waals surface area contributed by atoms with Crippen molar-refractivity contribution in [3.63, 3.8) is 0 Å². The molecular weight excluding hydrogens is 214 g/mol. The Balaban J connectivity index is 2.55. The summed E-state index contributed by atoms with van der Waals surface area (Å²) in [5.74, 6) is 1.26. The van der Waals surface area contributed by atoms with Crippen molar-refractivity contribution < 1.29 is 9.47 Å². The number of ether oxygens (including phenoxy) is 2. The second-order valence-electron chi connectivity index (χ2n) is 5.28.